The number of hydrogen-bond donors (Lipinski definition) is 1. The van der Waals surface area contributed by atoms with Crippen LogP contribution in [-0.4, -0.2) is 32.4 Å². The molecular formula is C33H33N5O2. The van der Waals surface area contributed by atoms with Gasteiger partial charge in [0.1, 0.15) is 11.6 Å². The van der Waals surface area contributed by atoms with E-state index >= 15 is 0 Å². The van der Waals surface area contributed by atoms with Gasteiger partial charge in [0.05, 0.1) is 36.8 Å². The number of amides is 2. The average Bonchev–Trinajstić information content (AvgIpc) is 3.59. The zero-order chi connectivity index (χ0) is 27.6. The lowest BCUT2D eigenvalue weighted by atomic mass is 9.99. The molecule has 40 heavy (non-hydrogen) atoms. The van der Waals surface area contributed by atoms with E-state index in [4.69, 9.17) is 9.84 Å². The quantitative estimate of drug-likeness (QED) is 0.258. The van der Waals surface area contributed by atoms with Crippen LogP contribution in [0.15, 0.2) is 97.2 Å². The smallest absolute Gasteiger partial charge is 0.322 e. The maximum atomic E-state index is 14.2. The van der Waals surface area contributed by atoms with Gasteiger partial charge in [0, 0.05) is 23.5 Å². The van der Waals surface area contributed by atoms with Gasteiger partial charge < -0.3 is 19.5 Å². The second kappa shape index (κ2) is 10.8. The van der Waals surface area contributed by atoms with E-state index in [0.717, 1.165) is 46.9 Å². The predicted molar refractivity (Wildman–Crippen MR) is 157 cm³/mol. The summed E-state index contributed by atoms with van der Waals surface area (Å²) in [6, 6.07) is 29.9. The highest BCUT2D eigenvalue weighted by Crippen LogP contribution is 2.39. The van der Waals surface area contributed by atoms with Crippen molar-refractivity contribution >= 4 is 11.7 Å². The molecule has 2 aromatic heterocycles. The zero-order valence-electron chi connectivity index (χ0n) is 23.0. The molecule has 5 aromatic rings. The third-order valence-corrected chi connectivity index (χ3v) is 7.59. The van der Waals surface area contributed by atoms with Crippen LogP contribution >= 0.6 is 0 Å². The molecule has 0 fully saturated rings. The summed E-state index contributed by atoms with van der Waals surface area (Å²) >= 11 is 0. The number of rotatable bonds is 6. The number of urea groups is 1. The minimum absolute atomic E-state index is 0.187. The largest absolute Gasteiger partial charge is 0.497 e. The third-order valence-electron chi connectivity index (χ3n) is 7.59. The fourth-order valence-electron chi connectivity index (χ4n) is 5.53. The summed E-state index contributed by atoms with van der Waals surface area (Å²) in [5, 5.41) is 8.18. The topological polar surface area (TPSA) is 64.3 Å². The van der Waals surface area contributed by atoms with Gasteiger partial charge in [-0.15, -0.1) is 0 Å². The van der Waals surface area contributed by atoms with Gasteiger partial charge in [-0.1, -0.05) is 62.4 Å². The maximum Gasteiger partial charge on any atom is 0.322 e. The maximum absolute atomic E-state index is 14.2. The number of carbonyl (C=O) groups excluding carboxylic acids is 1. The Morgan fingerprint density at radius 3 is 2.48 bits per heavy atom. The number of nitrogens with zero attached hydrogens (tertiary/aromatic N) is 4. The molecule has 0 bridgehead atoms. The van der Waals surface area contributed by atoms with Crippen LogP contribution < -0.4 is 10.1 Å². The molecule has 202 valence electrons. The highest BCUT2D eigenvalue weighted by Gasteiger charge is 2.36. The first-order chi connectivity index (χ1) is 19.6. The van der Waals surface area contributed by atoms with Crippen molar-refractivity contribution in [3.8, 4) is 17.3 Å². The van der Waals surface area contributed by atoms with Gasteiger partial charge in [-0.25, -0.2) is 9.48 Å². The lowest BCUT2D eigenvalue weighted by molar-refractivity contribution is 0.194. The third kappa shape index (κ3) is 4.53. The first-order valence-corrected chi connectivity index (χ1v) is 13.8. The fraction of sp³-hybridized carbons (Fsp3) is 0.212. The highest BCUT2D eigenvalue weighted by molar-refractivity contribution is 5.90. The molecule has 1 aliphatic rings. The molecule has 0 spiro atoms. The number of nitrogens with one attached hydrogen (secondary N) is 1. The van der Waals surface area contributed by atoms with Crippen LogP contribution in [0.5, 0.6) is 5.75 Å². The number of carbonyl (C=O) groups is 1. The van der Waals surface area contributed by atoms with E-state index in [1.807, 2.05) is 58.1 Å². The molecule has 1 aliphatic heterocycles. The summed E-state index contributed by atoms with van der Waals surface area (Å²) < 4.78 is 9.60. The minimum atomic E-state index is -0.312. The number of hydrogen-bond acceptors (Lipinski definition) is 3. The van der Waals surface area contributed by atoms with Crippen molar-refractivity contribution in [1.29, 1.82) is 0 Å². The van der Waals surface area contributed by atoms with Crippen molar-refractivity contribution in [2.45, 2.75) is 39.3 Å². The van der Waals surface area contributed by atoms with Gasteiger partial charge >= 0.3 is 6.03 Å². The Kier molecular flexibility index (Phi) is 6.86. The van der Waals surface area contributed by atoms with Gasteiger partial charge in [0.15, 0.2) is 0 Å². The molecule has 0 aliphatic carbocycles. The number of methoxy groups -OCH3 is 1. The standard InChI is InChI=1S/C33H33N5O2/c1-4-23-16-18-24(19-17-23)31-30-15-10-20-36(30)32-28(29(5-2)35-38(32)26-12-7-6-8-13-26)22-37(31)33(39)34-25-11-9-14-27(21-25)40-3/h6-21,31H,4-5,22H2,1-3H3,(H,34,39). The summed E-state index contributed by atoms with van der Waals surface area (Å²) in [4.78, 5) is 16.1. The minimum Gasteiger partial charge on any atom is -0.497 e. The van der Waals surface area contributed by atoms with E-state index in [9.17, 15) is 4.79 Å². The van der Waals surface area contributed by atoms with Crippen LogP contribution in [0, 0.1) is 0 Å². The predicted octanol–water partition coefficient (Wildman–Crippen LogP) is 6.93. The van der Waals surface area contributed by atoms with E-state index in [0.29, 0.717) is 18.0 Å². The van der Waals surface area contributed by atoms with Gasteiger partial charge in [-0.3, -0.25) is 0 Å². The fourth-order valence-corrected chi connectivity index (χ4v) is 5.53. The second-order valence-electron chi connectivity index (χ2n) is 9.94. The van der Waals surface area contributed by atoms with E-state index < -0.39 is 0 Å². The SMILES string of the molecule is CCc1ccc(C2c3cccn3-c3c(c(CC)nn3-c3ccccc3)CN2C(=O)Nc2cccc(OC)c2)cc1. The first-order valence-electron chi connectivity index (χ1n) is 13.8. The monoisotopic (exact) mass is 531 g/mol. The van der Waals surface area contributed by atoms with E-state index in [1.165, 1.54) is 5.56 Å². The molecule has 0 saturated carbocycles. The lowest BCUT2D eigenvalue weighted by Gasteiger charge is -2.31. The van der Waals surface area contributed by atoms with Crippen LogP contribution in [-0.2, 0) is 19.4 Å². The van der Waals surface area contributed by atoms with Gasteiger partial charge in [0.2, 0.25) is 0 Å². The molecule has 0 radical (unpaired) electrons. The summed E-state index contributed by atoms with van der Waals surface area (Å²) in [5.74, 6) is 1.66. The Morgan fingerprint density at radius 1 is 0.950 bits per heavy atom. The molecule has 1 N–H and O–H groups in total. The van der Waals surface area contributed by atoms with Crippen molar-refractivity contribution in [3.05, 3.63) is 125 Å². The summed E-state index contributed by atoms with van der Waals surface area (Å²) in [6.07, 6.45) is 3.78. The Hall–Kier alpha value is -4.78. The molecule has 6 rings (SSSR count). The zero-order valence-corrected chi connectivity index (χ0v) is 23.0. The molecule has 3 heterocycles. The Balaban J connectivity index is 1.53. The normalized spacial score (nSPS) is 14.3. The molecular weight excluding hydrogens is 498 g/mol. The molecule has 1 atom stereocenters. The van der Waals surface area contributed by atoms with Gasteiger partial charge in [-0.05, 0) is 60.4 Å². The molecule has 0 saturated heterocycles. The van der Waals surface area contributed by atoms with Gasteiger partial charge in [-0.2, -0.15) is 5.10 Å². The Morgan fingerprint density at radius 2 is 1.75 bits per heavy atom. The van der Waals surface area contributed by atoms with E-state index in [1.54, 1.807) is 7.11 Å². The average molecular weight is 532 g/mol. The van der Waals surface area contributed by atoms with Crippen molar-refractivity contribution in [2.24, 2.45) is 0 Å². The molecule has 7 nitrogen and oxygen atoms in total. The van der Waals surface area contributed by atoms with Crippen molar-refractivity contribution in [3.63, 3.8) is 0 Å². The number of ether oxygens (including phenoxy) is 1. The number of aryl methyl sites for hydroxylation is 2. The van der Waals surface area contributed by atoms with Gasteiger partial charge in [0.25, 0.3) is 0 Å². The van der Waals surface area contributed by atoms with E-state index in [2.05, 4.69) is 72.4 Å². The number of para-hydroxylation sites is 1. The first kappa shape index (κ1) is 25.5. The Labute approximate surface area is 234 Å². The summed E-state index contributed by atoms with van der Waals surface area (Å²) in [7, 11) is 1.62. The number of anilines is 1. The number of aromatic nitrogens is 3. The van der Waals surface area contributed by atoms with E-state index in [-0.39, 0.29) is 12.1 Å². The Bertz CT molecular complexity index is 1640. The number of benzene rings is 3. The lowest BCUT2D eigenvalue weighted by Crippen LogP contribution is -2.38. The molecule has 7 heteroatoms. The number of fused-ring (bicyclic) bond motifs is 3. The summed E-state index contributed by atoms with van der Waals surface area (Å²) in [6.45, 7) is 4.67. The van der Waals surface area contributed by atoms with Crippen LogP contribution in [0.4, 0.5) is 10.5 Å². The highest BCUT2D eigenvalue weighted by atomic mass is 16.5. The van der Waals surface area contributed by atoms with Crippen LogP contribution in [0.3, 0.4) is 0 Å². The van der Waals surface area contributed by atoms with Crippen LogP contribution in [0.25, 0.3) is 11.5 Å². The molecule has 2 amide bonds. The summed E-state index contributed by atoms with van der Waals surface area (Å²) in [5.41, 5.74) is 6.99. The van der Waals surface area contributed by atoms with Crippen LogP contribution in [0.1, 0.15) is 48.0 Å². The van der Waals surface area contributed by atoms with Crippen LogP contribution in [0.2, 0.25) is 0 Å². The van der Waals surface area contributed by atoms with Crippen molar-refractivity contribution in [2.75, 3.05) is 12.4 Å². The molecule has 1 unspecified atom stereocenters. The van der Waals surface area contributed by atoms with Crippen molar-refractivity contribution < 1.29 is 9.53 Å². The van der Waals surface area contributed by atoms with Crippen molar-refractivity contribution in [1.82, 2.24) is 19.2 Å². The second-order valence-corrected chi connectivity index (χ2v) is 9.94. The molecule has 3 aromatic carbocycles.